The Labute approximate surface area is 186 Å². The number of rotatable bonds is 6. The Morgan fingerprint density at radius 2 is 1.44 bits per heavy atom. The molecule has 0 saturated carbocycles. The predicted molar refractivity (Wildman–Crippen MR) is 124 cm³/mol. The molecule has 0 radical (unpaired) electrons. The molecular weight excluding hydrogens is 404 g/mol. The summed E-state index contributed by atoms with van der Waals surface area (Å²) in [6, 6.07) is 21.1. The third-order valence-corrected chi connectivity index (χ3v) is 6.11. The molecule has 0 aliphatic carbocycles. The lowest BCUT2D eigenvalue weighted by atomic mass is 9.96. The summed E-state index contributed by atoms with van der Waals surface area (Å²) in [7, 11) is 0. The average Bonchev–Trinajstić information content (AvgIpc) is 2.80. The van der Waals surface area contributed by atoms with Gasteiger partial charge in [-0.1, -0.05) is 60.7 Å². The summed E-state index contributed by atoms with van der Waals surface area (Å²) in [5, 5.41) is 0. The smallest absolute Gasteiger partial charge is 0.325 e. The van der Waals surface area contributed by atoms with Gasteiger partial charge in [-0.25, -0.2) is 4.79 Å². The number of hydrogen-bond donors (Lipinski definition) is 2. The Bertz CT molecular complexity index is 1120. The van der Waals surface area contributed by atoms with Gasteiger partial charge in [0.05, 0.1) is 6.04 Å². The maximum absolute atomic E-state index is 12.8. The van der Waals surface area contributed by atoms with E-state index >= 15 is 0 Å². The van der Waals surface area contributed by atoms with E-state index in [1.54, 1.807) is 6.92 Å². The van der Waals surface area contributed by atoms with E-state index in [1.807, 2.05) is 17.0 Å². The molecule has 7 heteroatoms. The van der Waals surface area contributed by atoms with Gasteiger partial charge in [-0.05, 0) is 24.5 Å². The van der Waals surface area contributed by atoms with Crippen LogP contribution in [0, 0.1) is 6.92 Å². The normalized spacial score (nSPS) is 14.6. The molecule has 2 heterocycles. The van der Waals surface area contributed by atoms with Gasteiger partial charge in [0, 0.05) is 43.9 Å². The molecule has 166 valence electrons. The molecule has 1 aromatic heterocycles. The summed E-state index contributed by atoms with van der Waals surface area (Å²) in [4.78, 5) is 45.3. The van der Waals surface area contributed by atoms with Gasteiger partial charge in [0.1, 0.15) is 0 Å². The number of carbonyl (C=O) groups is 1. The summed E-state index contributed by atoms with van der Waals surface area (Å²) >= 11 is 0. The number of aromatic nitrogens is 2. The predicted octanol–water partition coefficient (Wildman–Crippen LogP) is 2.24. The standard InChI is InChI=1S/C25H28N4O3/c1-18-21(24(31)27-25(32)26-18)12-13-22(30)28-14-16-29(17-15-28)23(19-8-4-2-5-9-19)20-10-6-3-7-11-20/h2-11,23H,12-17H2,1H3,(H2,26,27,31,32). The molecule has 1 aliphatic heterocycles. The minimum Gasteiger partial charge on any atom is -0.340 e. The highest BCUT2D eigenvalue weighted by atomic mass is 16.2. The van der Waals surface area contributed by atoms with Gasteiger partial charge in [-0.15, -0.1) is 0 Å². The first-order chi connectivity index (χ1) is 15.5. The van der Waals surface area contributed by atoms with Crippen LogP contribution in [0.15, 0.2) is 70.3 Å². The summed E-state index contributed by atoms with van der Waals surface area (Å²) in [6.45, 7) is 4.53. The van der Waals surface area contributed by atoms with E-state index in [9.17, 15) is 14.4 Å². The number of amides is 1. The van der Waals surface area contributed by atoms with Crippen LogP contribution in [-0.4, -0.2) is 51.9 Å². The van der Waals surface area contributed by atoms with Crippen LogP contribution in [0.1, 0.15) is 34.8 Å². The molecule has 1 fully saturated rings. The number of hydrogen-bond acceptors (Lipinski definition) is 4. The van der Waals surface area contributed by atoms with Gasteiger partial charge in [0.2, 0.25) is 5.91 Å². The molecule has 7 nitrogen and oxygen atoms in total. The maximum atomic E-state index is 12.8. The SMILES string of the molecule is Cc1[nH]c(=O)[nH]c(=O)c1CCC(=O)N1CCN(C(c2ccccc2)c2ccccc2)CC1. The van der Waals surface area contributed by atoms with Crippen LogP contribution >= 0.6 is 0 Å². The van der Waals surface area contributed by atoms with Crippen molar-refractivity contribution in [3.63, 3.8) is 0 Å². The number of benzene rings is 2. The van der Waals surface area contributed by atoms with Gasteiger partial charge in [-0.2, -0.15) is 0 Å². The number of aryl methyl sites for hydroxylation is 1. The van der Waals surface area contributed by atoms with Crippen molar-refractivity contribution in [2.75, 3.05) is 26.2 Å². The molecule has 2 aromatic carbocycles. The zero-order valence-electron chi connectivity index (χ0n) is 18.2. The van der Waals surface area contributed by atoms with Crippen molar-refractivity contribution in [1.29, 1.82) is 0 Å². The second-order valence-electron chi connectivity index (χ2n) is 8.15. The second kappa shape index (κ2) is 9.78. The van der Waals surface area contributed by atoms with Crippen molar-refractivity contribution in [3.05, 3.63) is 104 Å². The molecule has 0 atom stereocenters. The lowest BCUT2D eigenvalue weighted by Gasteiger charge is -2.40. The van der Waals surface area contributed by atoms with Crippen molar-refractivity contribution in [1.82, 2.24) is 19.8 Å². The zero-order chi connectivity index (χ0) is 22.5. The highest BCUT2D eigenvalue weighted by Gasteiger charge is 2.28. The fraction of sp³-hybridized carbons (Fsp3) is 0.320. The Morgan fingerprint density at radius 1 is 0.875 bits per heavy atom. The lowest BCUT2D eigenvalue weighted by molar-refractivity contribution is -0.133. The highest BCUT2D eigenvalue weighted by molar-refractivity contribution is 5.76. The van der Waals surface area contributed by atoms with E-state index in [0.29, 0.717) is 30.8 Å². The first-order valence-electron chi connectivity index (χ1n) is 11.0. The number of H-pyrrole nitrogens is 2. The van der Waals surface area contributed by atoms with Crippen LogP contribution in [0.3, 0.4) is 0 Å². The molecule has 0 unspecified atom stereocenters. The Balaban J connectivity index is 1.41. The molecule has 1 aliphatic rings. The Hall–Kier alpha value is -3.45. The van der Waals surface area contributed by atoms with Crippen molar-refractivity contribution in [3.8, 4) is 0 Å². The minimum atomic E-state index is -0.523. The second-order valence-corrected chi connectivity index (χ2v) is 8.15. The molecule has 1 amide bonds. The van der Waals surface area contributed by atoms with Crippen molar-refractivity contribution in [2.24, 2.45) is 0 Å². The topological polar surface area (TPSA) is 89.3 Å². The van der Waals surface area contributed by atoms with Crippen molar-refractivity contribution in [2.45, 2.75) is 25.8 Å². The Kier molecular flexibility index (Phi) is 6.66. The number of piperazine rings is 1. The van der Waals surface area contributed by atoms with Crippen LogP contribution < -0.4 is 11.2 Å². The number of nitrogens with zero attached hydrogens (tertiary/aromatic N) is 2. The van der Waals surface area contributed by atoms with Crippen molar-refractivity contribution < 1.29 is 4.79 Å². The number of carbonyl (C=O) groups excluding carboxylic acids is 1. The van der Waals surface area contributed by atoms with E-state index in [1.165, 1.54) is 11.1 Å². The molecule has 4 rings (SSSR count). The summed E-state index contributed by atoms with van der Waals surface area (Å²) in [5.74, 6) is 0.0330. The molecule has 0 bridgehead atoms. The third-order valence-electron chi connectivity index (χ3n) is 6.11. The lowest BCUT2D eigenvalue weighted by Crippen LogP contribution is -2.50. The minimum absolute atomic E-state index is 0.0330. The summed E-state index contributed by atoms with van der Waals surface area (Å²) < 4.78 is 0. The average molecular weight is 433 g/mol. The van der Waals surface area contributed by atoms with E-state index in [2.05, 4.69) is 63.4 Å². The highest BCUT2D eigenvalue weighted by Crippen LogP contribution is 2.29. The van der Waals surface area contributed by atoms with Crippen LogP contribution in [0.4, 0.5) is 0 Å². The Morgan fingerprint density at radius 3 is 1.97 bits per heavy atom. The molecule has 0 spiro atoms. The quantitative estimate of drug-likeness (QED) is 0.625. The monoisotopic (exact) mass is 432 g/mol. The zero-order valence-corrected chi connectivity index (χ0v) is 18.2. The molecule has 3 aromatic rings. The van der Waals surface area contributed by atoms with Gasteiger partial charge in [0.25, 0.3) is 5.56 Å². The first kappa shape index (κ1) is 21.8. The van der Waals surface area contributed by atoms with Crippen LogP contribution in [0.25, 0.3) is 0 Å². The fourth-order valence-corrected chi connectivity index (χ4v) is 4.43. The van der Waals surface area contributed by atoms with Crippen LogP contribution in [-0.2, 0) is 11.2 Å². The fourth-order valence-electron chi connectivity index (χ4n) is 4.43. The van der Waals surface area contributed by atoms with Crippen LogP contribution in [0.5, 0.6) is 0 Å². The number of nitrogens with one attached hydrogen (secondary N) is 2. The van der Waals surface area contributed by atoms with Gasteiger partial charge in [-0.3, -0.25) is 19.5 Å². The molecule has 32 heavy (non-hydrogen) atoms. The van der Waals surface area contributed by atoms with Crippen LogP contribution in [0.2, 0.25) is 0 Å². The summed E-state index contributed by atoms with van der Waals surface area (Å²) in [5.41, 5.74) is 2.52. The van der Waals surface area contributed by atoms with Gasteiger partial charge >= 0.3 is 5.69 Å². The van der Waals surface area contributed by atoms with E-state index < -0.39 is 11.2 Å². The molecule has 1 saturated heterocycles. The first-order valence-corrected chi connectivity index (χ1v) is 11.0. The molecular formula is C25H28N4O3. The van der Waals surface area contributed by atoms with Crippen molar-refractivity contribution >= 4 is 5.91 Å². The van der Waals surface area contributed by atoms with E-state index in [-0.39, 0.29) is 18.4 Å². The van der Waals surface area contributed by atoms with Gasteiger partial charge < -0.3 is 9.88 Å². The third kappa shape index (κ3) is 4.89. The maximum Gasteiger partial charge on any atom is 0.325 e. The summed E-state index contributed by atoms with van der Waals surface area (Å²) in [6.07, 6.45) is 0.560. The largest absolute Gasteiger partial charge is 0.340 e. The number of aromatic amines is 2. The van der Waals surface area contributed by atoms with E-state index in [4.69, 9.17) is 0 Å². The van der Waals surface area contributed by atoms with Gasteiger partial charge in [0.15, 0.2) is 0 Å². The van der Waals surface area contributed by atoms with E-state index in [0.717, 1.165) is 13.1 Å². The molecule has 2 N–H and O–H groups in total.